The van der Waals surface area contributed by atoms with Gasteiger partial charge in [-0.25, -0.2) is 4.79 Å². The summed E-state index contributed by atoms with van der Waals surface area (Å²) in [5.74, 6) is -1.81. The molecule has 32 heavy (non-hydrogen) atoms. The van der Waals surface area contributed by atoms with Gasteiger partial charge in [0.05, 0.1) is 19.1 Å². The molecule has 0 aromatic heterocycles. The summed E-state index contributed by atoms with van der Waals surface area (Å²) in [4.78, 5) is 48.6. The van der Waals surface area contributed by atoms with Crippen LogP contribution in [-0.4, -0.2) is 64.8 Å². The van der Waals surface area contributed by atoms with Crippen molar-refractivity contribution in [2.45, 2.75) is 25.3 Å². The van der Waals surface area contributed by atoms with Gasteiger partial charge in [0.15, 0.2) is 11.5 Å². The maximum absolute atomic E-state index is 12.7. The Morgan fingerprint density at radius 2 is 1.94 bits per heavy atom. The zero-order valence-electron chi connectivity index (χ0n) is 17.5. The largest absolute Gasteiger partial charge is 0.493 e. The molecule has 1 aliphatic heterocycles. The number of methoxy groups -OCH3 is 2. The predicted octanol–water partition coefficient (Wildman–Crippen LogP) is 1.13. The number of ether oxygens (including phenoxy) is 2. The van der Waals surface area contributed by atoms with Gasteiger partial charge in [-0.1, -0.05) is 30.0 Å². The molecule has 0 saturated carbocycles. The Hall–Kier alpha value is -3.12. The lowest BCUT2D eigenvalue weighted by Crippen LogP contribution is -2.42. The van der Waals surface area contributed by atoms with Gasteiger partial charge in [-0.2, -0.15) is 0 Å². The highest BCUT2D eigenvalue weighted by Crippen LogP contribution is 2.34. The molecule has 1 aliphatic rings. The molecule has 172 valence electrons. The third-order valence-electron chi connectivity index (χ3n) is 4.45. The van der Waals surface area contributed by atoms with E-state index in [4.69, 9.17) is 32.5 Å². The number of nitrogens with one attached hydrogen (secondary N) is 1. The normalized spacial score (nSPS) is 15.6. The van der Waals surface area contributed by atoms with E-state index in [1.54, 1.807) is 24.3 Å². The van der Waals surface area contributed by atoms with E-state index < -0.39 is 23.8 Å². The second-order valence-electron chi connectivity index (χ2n) is 6.66. The van der Waals surface area contributed by atoms with E-state index in [-0.39, 0.29) is 36.0 Å². The Morgan fingerprint density at radius 1 is 1.25 bits per heavy atom. The molecule has 0 aliphatic carbocycles. The van der Waals surface area contributed by atoms with Crippen LogP contribution in [0.3, 0.4) is 0 Å². The van der Waals surface area contributed by atoms with Crippen molar-refractivity contribution in [1.29, 1.82) is 0 Å². The summed E-state index contributed by atoms with van der Waals surface area (Å²) in [5.41, 5.74) is 5.73. The van der Waals surface area contributed by atoms with Crippen molar-refractivity contribution in [2.24, 2.45) is 5.73 Å². The van der Waals surface area contributed by atoms with E-state index in [1.807, 2.05) is 0 Å². The number of thioether (sulfide) groups is 1. The molecule has 0 bridgehead atoms. The van der Waals surface area contributed by atoms with Crippen LogP contribution in [0.5, 0.6) is 11.5 Å². The van der Waals surface area contributed by atoms with Gasteiger partial charge in [-0.15, -0.1) is 0 Å². The number of carboxylic acids is 1. The number of nitrogens with zero attached hydrogens (tertiary/aromatic N) is 1. The van der Waals surface area contributed by atoms with Crippen LogP contribution in [-0.2, 0) is 19.2 Å². The van der Waals surface area contributed by atoms with E-state index in [2.05, 4.69) is 5.32 Å². The predicted molar refractivity (Wildman–Crippen MR) is 122 cm³/mol. The van der Waals surface area contributed by atoms with Crippen molar-refractivity contribution in [3.05, 3.63) is 28.7 Å². The first kappa shape index (κ1) is 25.1. The summed E-state index contributed by atoms with van der Waals surface area (Å²) in [5, 5.41) is 11.5. The fraction of sp³-hybridized carbons (Fsp3) is 0.350. The summed E-state index contributed by atoms with van der Waals surface area (Å²) in [6.45, 7) is -0.0120. The second-order valence-corrected chi connectivity index (χ2v) is 8.34. The van der Waals surface area contributed by atoms with Crippen molar-refractivity contribution in [3.63, 3.8) is 0 Å². The molecule has 3 amide bonds. The number of rotatable bonds is 11. The first-order chi connectivity index (χ1) is 15.2. The third kappa shape index (κ3) is 6.69. The standard InChI is InChI=1S/C20H23N3O7S2/c1-29-13-5-3-11(9-14(13)30-2)10-15-18(26)23(20(31)32-15)8-7-17(25)22-12(19(27)28)4-6-16(21)24/h3,5,9-10,12H,4,6-8H2,1-2H3,(H2,21,24)(H,22,25)(H,27,28)/b15-10+/t12-/m1/s1. The fourth-order valence-electron chi connectivity index (χ4n) is 2.81. The van der Waals surface area contributed by atoms with E-state index in [0.717, 1.165) is 11.8 Å². The molecule has 0 unspecified atom stereocenters. The molecule has 1 saturated heterocycles. The smallest absolute Gasteiger partial charge is 0.326 e. The highest BCUT2D eigenvalue weighted by molar-refractivity contribution is 8.26. The molecule has 1 heterocycles. The number of thiocarbonyl (C=S) groups is 1. The average molecular weight is 482 g/mol. The van der Waals surface area contributed by atoms with Crippen LogP contribution in [0.4, 0.5) is 0 Å². The lowest BCUT2D eigenvalue weighted by Gasteiger charge is -2.16. The number of hydrogen-bond acceptors (Lipinski definition) is 8. The van der Waals surface area contributed by atoms with E-state index >= 15 is 0 Å². The Morgan fingerprint density at radius 3 is 2.53 bits per heavy atom. The molecule has 1 aromatic rings. The molecular formula is C20H23N3O7S2. The van der Waals surface area contributed by atoms with Crippen LogP contribution in [0.15, 0.2) is 23.1 Å². The SMILES string of the molecule is COc1ccc(/C=C2/SC(=S)N(CCC(=O)N[C@H](CCC(N)=O)C(=O)O)C2=O)cc1OC. The maximum Gasteiger partial charge on any atom is 0.326 e. The van der Waals surface area contributed by atoms with Crippen LogP contribution in [0, 0.1) is 0 Å². The molecule has 1 fully saturated rings. The molecule has 1 atom stereocenters. The van der Waals surface area contributed by atoms with Gasteiger partial charge >= 0.3 is 5.97 Å². The zero-order chi connectivity index (χ0) is 23.8. The number of primary amides is 1. The molecule has 10 nitrogen and oxygen atoms in total. The molecule has 12 heteroatoms. The van der Waals surface area contributed by atoms with Crippen LogP contribution in [0.1, 0.15) is 24.8 Å². The van der Waals surface area contributed by atoms with Crippen molar-refractivity contribution < 1.29 is 33.8 Å². The van der Waals surface area contributed by atoms with Gasteiger partial charge in [-0.3, -0.25) is 19.3 Å². The van der Waals surface area contributed by atoms with Gasteiger partial charge in [0.25, 0.3) is 5.91 Å². The number of aliphatic carboxylic acids is 1. The summed E-state index contributed by atoms with van der Waals surface area (Å²) < 4.78 is 10.7. The minimum absolute atomic E-state index is 0.0120. The number of hydrogen-bond donors (Lipinski definition) is 3. The third-order valence-corrected chi connectivity index (χ3v) is 5.83. The van der Waals surface area contributed by atoms with Crippen molar-refractivity contribution in [3.8, 4) is 11.5 Å². The highest BCUT2D eigenvalue weighted by atomic mass is 32.2. The highest BCUT2D eigenvalue weighted by Gasteiger charge is 2.32. The first-order valence-electron chi connectivity index (χ1n) is 9.44. The summed E-state index contributed by atoms with van der Waals surface area (Å²) >= 11 is 6.36. The quantitative estimate of drug-likeness (QED) is 0.312. The number of carbonyl (C=O) groups is 4. The zero-order valence-corrected chi connectivity index (χ0v) is 19.1. The summed E-state index contributed by atoms with van der Waals surface area (Å²) in [7, 11) is 3.03. The molecule has 1 aromatic carbocycles. The van der Waals surface area contributed by atoms with Gasteiger partial charge < -0.3 is 25.6 Å². The van der Waals surface area contributed by atoms with E-state index in [9.17, 15) is 19.2 Å². The molecule has 0 spiro atoms. The lowest BCUT2D eigenvalue weighted by molar-refractivity contribution is -0.142. The first-order valence-corrected chi connectivity index (χ1v) is 10.7. The van der Waals surface area contributed by atoms with Gasteiger partial charge in [0.1, 0.15) is 10.4 Å². The van der Waals surface area contributed by atoms with Gasteiger partial charge in [0.2, 0.25) is 11.8 Å². The van der Waals surface area contributed by atoms with E-state index in [1.165, 1.54) is 19.1 Å². The van der Waals surface area contributed by atoms with Crippen LogP contribution in [0.25, 0.3) is 6.08 Å². The Labute approximate surface area is 194 Å². The number of amides is 3. The molecule has 4 N–H and O–H groups in total. The van der Waals surface area contributed by atoms with Gasteiger partial charge in [-0.05, 0) is 30.2 Å². The Balaban J connectivity index is 2.01. The Kier molecular flexibility index (Phi) is 9.02. The van der Waals surface area contributed by atoms with Gasteiger partial charge in [0, 0.05) is 19.4 Å². The number of benzene rings is 1. The van der Waals surface area contributed by atoms with Crippen molar-refractivity contribution in [1.82, 2.24) is 10.2 Å². The minimum Gasteiger partial charge on any atom is -0.493 e. The molecule has 0 radical (unpaired) electrons. The second kappa shape index (κ2) is 11.5. The van der Waals surface area contributed by atoms with Crippen molar-refractivity contribution >= 4 is 58.1 Å². The van der Waals surface area contributed by atoms with Crippen LogP contribution < -0.4 is 20.5 Å². The van der Waals surface area contributed by atoms with E-state index in [0.29, 0.717) is 22.0 Å². The summed E-state index contributed by atoms with van der Waals surface area (Å²) in [6, 6.07) is 3.95. The number of carbonyl (C=O) groups excluding carboxylic acids is 3. The van der Waals surface area contributed by atoms with Crippen LogP contribution in [0.2, 0.25) is 0 Å². The topological polar surface area (TPSA) is 148 Å². The summed E-state index contributed by atoms with van der Waals surface area (Å²) in [6.07, 6.45) is 1.21. The number of nitrogens with two attached hydrogens (primary N) is 1. The average Bonchev–Trinajstić information content (AvgIpc) is 3.01. The lowest BCUT2D eigenvalue weighted by atomic mass is 10.1. The van der Waals surface area contributed by atoms with Crippen LogP contribution >= 0.6 is 24.0 Å². The molecule has 2 rings (SSSR count). The molecular weight excluding hydrogens is 458 g/mol. The maximum atomic E-state index is 12.7. The minimum atomic E-state index is -1.27. The van der Waals surface area contributed by atoms with Crippen molar-refractivity contribution in [2.75, 3.05) is 20.8 Å². The monoisotopic (exact) mass is 481 g/mol. The Bertz CT molecular complexity index is 965. The number of carboxylic acid groups (broad SMARTS) is 1. The fourth-order valence-corrected chi connectivity index (χ4v) is 4.12.